The summed E-state index contributed by atoms with van der Waals surface area (Å²) in [5, 5.41) is 60.0. The van der Waals surface area contributed by atoms with Gasteiger partial charge in [-0.2, -0.15) is 8.42 Å². The SMILES string of the molecule is CC(C)(C)OC(=O)N[C@@H](Cc1ccc([N+](=O)[O-])cc1)C(=O)CBr.CCc1csc([C@H](Cc2ccc(NS(=O)(=O)O)cc2)NC(=O)[C@H](Cc2ccccc2)NC(=O)OC)n1.CCc1csc([C@H](Cc2ccc([N+](=O)[O-])cc2)NC(=O)[C@H](Cc2ccccc2)NC(=O)OC)n1.CCc1csc([C@H](Cc2ccc([N+](=O)[O-])cc2)NC(=O)[C@H](Cc2ccccc2)NC(=O)OC)n1. The first-order valence-corrected chi connectivity index (χ1v) is 44.8. The van der Waals surface area contributed by atoms with Crippen LogP contribution in [0.25, 0.3) is 0 Å². The lowest BCUT2D eigenvalue weighted by Gasteiger charge is -2.23. The highest BCUT2D eigenvalue weighted by molar-refractivity contribution is 9.09. The predicted molar refractivity (Wildman–Crippen MR) is 483 cm³/mol. The molecule has 0 aliphatic carbocycles. The Labute approximate surface area is 753 Å². The van der Waals surface area contributed by atoms with E-state index in [0.717, 1.165) is 79.7 Å². The highest BCUT2D eigenvalue weighted by Crippen LogP contribution is 2.29. The third-order valence-electron chi connectivity index (χ3n) is 18.5. The van der Waals surface area contributed by atoms with Crippen LogP contribution in [0.1, 0.15) is 131 Å². The maximum absolute atomic E-state index is 13.4. The number of nitrogens with zero attached hydrogens (tertiary/aromatic N) is 6. The molecule has 9 N–H and O–H groups in total. The Morgan fingerprint density at radius 2 is 0.661 bits per heavy atom. The lowest BCUT2D eigenvalue weighted by Crippen LogP contribution is -2.49. The summed E-state index contributed by atoms with van der Waals surface area (Å²) in [6.07, 6.45) is 1.65. The van der Waals surface area contributed by atoms with Crippen LogP contribution in [0.5, 0.6) is 0 Å². The molecule has 0 fully saturated rings. The molecular formula is C87H99BrN14O21S4. The van der Waals surface area contributed by atoms with Gasteiger partial charge in [-0.05, 0) is 117 Å². The van der Waals surface area contributed by atoms with Gasteiger partial charge in [0.25, 0.3) is 17.1 Å². The van der Waals surface area contributed by atoms with E-state index in [2.05, 4.69) is 68.1 Å². The molecule has 0 aliphatic rings. The van der Waals surface area contributed by atoms with Crippen molar-refractivity contribution in [1.29, 1.82) is 0 Å². The number of alkyl carbamates (subject to hydrolysis) is 4. The Balaban J connectivity index is 0.000000235. The molecule has 0 radical (unpaired) electrons. The molecule has 0 unspecified atom stereocenters. The predicted octanol–water partition coefficient (Wildman–Crippen LogP) is 14.2. The van der Waals surface area contributed by atoms with Crippen LogP contribution in [0, 0.1) is 30.3 Å². The molecule has 0 saturated heterocycles. The maximum atomic E-state index is 13.4. The van der Waals surface area contributed by atoms with Gasteiger partial charge in [-0.3, -0.25) is 58.8 Å². The number of aromatic nitrogens is 3. The molecule has 10 aromatic rings. The molecule has 3 aromatic heterocycles. The number of ether oxygens (including phenoxy) is 4. The molecule has 674 valence electrons. The van der Waals surface area contributed by atoms with Crippen molar-refractivity contribution in [3.8, 4) is 0 Å². The lowest BCUT2D eigenvalue weighted by atomic mass is 10.0. The number of nitro benzene ring substituents is 3. The van der Waals surface area contributed by atoms with Crippen LogP contribution in [0.3, 0.4) is 0 Å². The molecular weight excluding hydrogens is 1790 g/mol. The number of Topliss-reactive ketones (excluding diaryl/α,β-unsaturated/α-hetero) is 1. The number of alkyl halides is 1. The average molecular weight is 1880 g/mol. The Morgan fingerprint density at radius 1 is 0.402 bits per heavy atom. The van der Waals surface area contributed by atoms with E-state index in [9.17, 15) is 77.1 Å². The number of ketones is 1. The largest absolute Gasteiger partial charge is 0.453 e. The van der Waals surface area contributed by atoms with Crippen LogP contribution >= 0.6 is 49.9 Å². The van der Waals surface area contributed by atoms with Crippen molar-refractivity contribution in [2.45, 2.75) is 154 Å². The number of carbonyl (C=O) groups is 8. The summed E-state index contributed by atoms with van der Waals surface area (Å²) >= 11 is 7.38. The van der Waals surface area contributed by atoms with E-state index in [1.165, 1.54) is 104 Å². The van der Waals surface area contributed by atoms with Gasteiger partial charge in [0.15, 0.2) is 5.78 Å². The van der Waals surface area contributed by atoms with Crippen LogP contribution in [0.15, 0.2) is 204 Å². The molecule has 0 spiro atoms. The summed E-state index contributed by atoms with van der Waals surface area (Å²) in [6.45, 7) is 11.2. The molecule has 40 heteroatoms. The Bertz CT molecular complexity index is 5210. The number of thiazole rings is 3. The summed E-state index contributed by atoms with van der Waals surface area (Å²) in [5.74, 6) is -1.37. The van der Waals surface area contributed by atoms with Crippen LogP contribution in [-0.4, -0.2) is 147 Å². The van der Waals surface area contributed by atoms with E-state index in [1.54, 1.807) is 69.3 Å². The number of benzene rings is 7. The first-order chi connectivity index (χ1) is 60.6. The number of non-ortho nitro benzene ring substituents is 3. The zero-order valence-corrected chi connectivity index (χ0v) is 75.6. The smallest absolute Gasteiger partial charge is 0.408 e. The van der Waals surface area contributed by atoms with Crippen LogP contribution < -0.4 is 41.9 Å². The minimum Gasteiger partial charge on any atom is -0.453 e. The van der Waals surface area contributed by atoms with Crippen LogP contribution in [0.4, 0.5) is 41.9 Å². The summed E-state index contributed by atoms with van der Waals surface area (Å²) in [4.78, 5) is 145. The van der Waals surface area contributed by atoms with Crippen LogP contribution in [-0.2, 0) is 113 Å². The molecule has 0 saturated carbocycles. The van der Waals surface area contributed by atoms with Gasteiger partial charge in [0.05, 0.1) is 88.4 Å². The number of anilines is 1. The molecule has 7 atom stereocenters. The molecule has 35 nitrogen and oxygen atoms in total. The van der Waals surface area contributed by atoms with Crippen molar-refractivity contribution in [2.75, 3.05) is 31.4 Å². The number of aryl methyl sites for hydroxylation is 3. The Kier molecular flexibility index (Phi) is 40.4. The van der Waals surface area contributed by atoms with Crippen molar-refractivity contribution >= 4 is 131 Å². The standard InChI is InChI=1S/C24H28N4O6S2.2C24H26N4O5S.C15H19BrN2O5/c1-3-18-15-35-23(25-18)21(14-17-9-11-19(12-10-17)28-36(31,32)33)26-22(29)20(27-24(30)34-2)13-16-7-5-4-6-8-16;2*1-3-18-15-34-23(25-18)21(14-17-9-11-19(12-10-17)28(31)32)26-22(29)20(27-24(30)33-2)13-16-7-5-4-6-8-16;1-15(2,3)23-14(20)17-12(13(19)9-16)8-10-4-6-11(7-5-10)18(21)22/h4-12,15,20-21,28H,3,13-14H2,1-2H3,(H,26,29)(H,27,30)(H,31,32,33);2*4-12,15,20-21H,3,13-14H2,1-2H3,(H,26,29)(H,27,30);4-7,12H,8-9H2,1-3H3,(H,17,20)/t3*20-,21-;12-/m0000/s1. The normalized spacial score (nSPS) is 12.5. The first-order valence-electron chi connectivity index (χ1n) is 39.6. The van der Waals surface area contributed by atoms with E-state index in [0.29, 0.717) is 29.8 Å². The third kappa shape index (κ3) is 35.5. The first kappa shape index (κ1) is 101. The van der Waals surface area contributed by atoms with Gasteiger partial charge >= 0.3 is 34.7 Å². The molecule has 3 heterocycles. The molecule has 0 bridgehead atoms. The van der Waals surface area contributed by atoms with E-state index in [4.69, 9.17) is 23.5 Å². The number of amides is 7. The van der Waals surface area contributed by atoms with Crippen molar-refractivity contribution in [2.24, 2.45) is 0 Å². The van der Waals surface area contributed by atoms with Gasteiger partial charge in [-0.15, -0.1) is 34.0 Å². The third-order valence-corrected chi connectivity index (χ3v) is 22.5. The Hall–Kier alpha value is -13.0. The minimum atomic E-state index is -4.38. The number of hydrogen-bond donors (Lipinski definition) is 9. The zero-order valence-electron chi connectivity index (χ0n) is 70.8. The van der Waals surface area contributed by atoms with Crippen LogP contribution in [0.2, 0.25) is 0 Å². The van der Waals surface area contributed by atoms with Gasteiger partial charge < -0.3 is 56.2 Å². The second-order valence-corrected chi connectivity index (χ2v) is 33.5. The molecule has 7 amide bonds. The number of hydrogen-bond acceptors (Lipinski definition) is 26. The fourth-order valence-electron chi connectivity index (χ4n) is 12.0. The van der Waals surface area contributed by atoms with Crippen molar-refractivity contribution in [3.05, 3.63) is 306 Å². The topological polar surface area (TPSA) is 492 Å². The lowest BCUT2D eigenvalue weighted by molar-refractivity contribution is -0.385. The van der Waals surface area contributed by atoms with Crippen molar-refractivity contribution in [3.63, 3.8) is 0 Å². The number of methoxy groups -OCH3 is 3. The van der Waals surface area contributed by atoms with Gasteiger partial charge in [-0.25, -0.2) is 34.1 Å². The molecule has 0 aliphatic heterocycles. The monoisotopic (exact) mass is 1880 g/mol. The second-order valence-electron chi connectivity index (χ2n) is 29.1. The number of carbonyl (C=O) groups excluding carboxylic acids is 8. The van der Waals surface area contributed by atoms with Gasteiger partial charge in [0, 0.05) is 71.8 Å². The number of rotatable bonds is 37. The summed E-state index contributed by atoms with van der Waals surface area (Å²) in [6, 6.07) is 47.8. The summed E-state index contributed by atoms with van der Waals surface area (Å²) in [5.41, 5.74) is 7.98. The Morgan fingerprint density at radius 3 is 0.906 bits per heavy atom. The quantitative estimate of drug-likeness (QED) is 0.00574. The van der Waals surface area contributed by atoms with E-state index in [-0.39, 0.29) is 71.4 Å². The average Bonchev–Trinajstić information content (AvgIpc) is 1.75. The fourth-order valence-corrected chi connectivity index (χ4v) is 15.7. The molecule has 10 rings (SSSR count). The summed E-state index contributed by atoms with van der Waals surface area (Å²) < 4.78 is 52.3. The summed E-state index contributed by atoms with van der Waals surface area (Å²) in [7, 11) is -0.661. The van der Waals surface area contributed by atoms with E-state index in [1.807, 2.05) is 133 Å². The van der Waals surface area contributed by atoms with Crippen molar-refractivity contribution in [1.82, 2.24) is 52.2 Å². The minimum absolute atomic E-state index is 0.00273. The second kappa shape index (κ2) is 50.8. The van der Waals surface area contributed by atoms with Gasteiger partial charge in [0.1, 0.15) is 38.7 Å². The number of halogens is 1. The highest BCUT2D eigenvalue weighted by atomic mass is 79.9. The van der Waals surface area contributed by atoms with Gasteiger partial charge in [-0.1, -0.05) is 176 Å². The van der Waals surface area contributed by atoms with Crippen molar-refractivity contribution < 1.29 is 85.0 Å². The van der Waals surface area contributed by atoms with E-state index < -0.39 is 103 Å². The highest BCUT2D eigenvalue weighted by Gasteiger charge is 2.32. The molecule has 127 heavy (non-hydrogen) atoms. The number of nitro groups is 3. The van der Waals surface area contributed by atoms with Gasteiger partial charge in [0.2, 0.25) is 17.7 Å². The zero-order chi connectivity index (χ0) is 92.8. The molecule has 7 aromatic carbocycles. The maximum Gasteiger partial charge on any atom is 0.408 e. The fraction of sp³-hybridized carbons (Fsp3) is 0.322. The number of nitrogens with one attached hydrogen (secondary N) is 8. The van der Waals surface area contributed by atoms with E-state index >= 15 is 0 Å².